The molecule has 3 N–H and O–H groups in total. The van der Waals surface area contributed by atoms with E-state index in [0.29, 0.717) is 13.1 Å². The predicted octanol–water partition coefficient (Wildman–Crippen LogP) is 1.38. The van der Waals surface area contributed by atoms with Crippen LogP contribution in [0.15, 0.2) is 58.3 Å². The van der Waals surface area contributed by atoms with Crippen LogP contribution in [0.25, 0.3) is 0 Å². The zero-order valence-electron chi connectivity index (χ0n) is 16.8. The van der Waals surface area contributed by atoms with Crippen molar-refractivity contribution in [3.63, 3.8) is 0 Å². The molecule has 11 heteroatoms. The molecule has 0 atom stereocenters. The first-order valence-electron chi connectivity index (χ1n) is 9.86. The van der Waals surface area contributed by atoms with Gasteiger partial charge in [-0.1, -0.05) is 12.5 Å². The standard InChI is InChI=1S/C20H25N3O6S2/c24-14-11-21-20(25)16-5-4-6-17(15-16)22-30(26,27)18-7-9-19(10-8-18)31(28,29)23-12-2-1-3-13-23/h4-10,15,22,24H,1-3,11-14H2,(H,21,25). The molecule has 0 bridgehead atoms. The third kappa shape index (κ3) is 5.62. The van der Waals surface area contributed by atoms with Gasteiger partial charge in [-0.15, -0.1) is 0 Å². The maximum absolute atomic E-state index is 12.7. The molecule has 1 fully saturated rings. The number of hydrogen-bond acceptors (Lipinski definition) is 6. The number of aliphatic hydroxyl groups excluding tert-OH is 1. The predicted molar refractivity (Wildman–Crippen MR) is 116 cm³/mol. The molecule has 2 aromatic rings. The molecule has 0 unspecified atom stereocenters. The van der Waals surface area contributed by atoms with Gasteiger partial charge in [0.25, 0.3) is 15.9 Å². The normalized spacial score (nSPS) is 15.4. The van der Waals surface area contributed by atoms with Crippen LogP contribution >= 0.6 is 0 Å². The zero-order valence-corrected chi connectivity index (χ0v) is 18.5. The monoisotopic (exact) mass is 467 g/mol. The van der Waals surface area contributed by atoms with Crippen molar-refractivity contribution < 1.29 is 26.7 Å². The van der Waals surface area contributed by atoms with Crippen molar-refractivity contribution in [1.82, 2.24) is 9.62 Å². The molecular weight excluding hydrogens is 442 g/mol. The smallest absolute Gasteiger partial charge is 0.261 e. The van der Waals surface area contributed by atoms with Gasteiger partial charge in [0.1, 0.15) is 0 Å². The number of carbonyl (C=O) groups excluding carboxylic acids is 1. The van der Waals surface area contributed by atoms with Crippen molar-refractivity contribution in [2.45, 2.75) is 29.1 Å². The first kappa shape index (κ1) is 23.2. The highest BCUT2D eigenvalue weighted by Crippen LogP contribution is 2.23. The van der Waals surface area contributed by atoms with E-state index >= 15 is 0 Å². The highest BCUT2D eigenvalue weighted by molar-refractivity contribution is 7.92. The molecule has 0 aliphatic carbocycles. The van der Waals surface area contributed by atoms with Crippen molar-refractivity contribution in [1.29, 1.82) is 0 Å². The molecule has 1 aliphatic heterocycles. The number of anilines is 1. The minimum absolute atomic E-state index is 0.0518. The van der Waals surface area contributed by atoms with Crippen LogP contribution < -0.4 is 10.0 Å². The van der Waals surface area contributed by atoms with Gasteiger partial charge < -0.3 is 10.4 Å². The summed E-state index contributed by atoms with van der Waals surface area (Å²) in [4.78, 5) is 11.9. The van der Waals surface area contributed by atoms with Crippen LogP contribution in [0.2, 0.25) is 0 Å². The second-order valence-electron chi connectivity index (χ2n) is 7.10. The Morgan fingerprint density at radius 3 is 2.23 bits per heavy atom. The SMILES string of the molecule is O=C(NCCO)c1cccc(NS(=O)(=O)c2ccc(S(=O)(=O)N3CCCCC3)cc2)c1. The number of carbonyl (C=O) groups is 1. The summed E-state index contributed by atoms with van der Waals surface area (Å²) in [6.07, 6.45) is 2.62. The lowest BCUT2D eigenvalue weighted by atomic mass is 10.2. The summed E-state index contributed by atoms with van der Waals surface area (Å²) in [6, 6.07) is 11.0. The fourth-order valence-electron chi connectivity index (χ4n) is 3.25. The number of nitrogens with zero attached hydrogens (tertiary/aromatic N) is 1. The molecule has 0 spiro atoms. The highest BCUT2D eigenvalue weighted by Gasteiger charge is 2.26. The second-order valence-corrected chi connectivity index (χ2v) is 10.7. The van der Waals surface area contributed by atoms with Crippen LogP contribution in [0, 0.1) is 0 Å². The van der Waals surface area contributed by atoms with E-state index < -0.39 is 26.0 Å². The van der Waals surface area contributed by atoms with Gasteiger partial charge >= 0.3 is 0 Å². The van der Waals surface area contributed by atoms with E-state index in [1.165, 1.54) is 52.8 Å². The minimum atomic E-state index is -3.99. The highest BCUT2D eigenvalue weighted by atomic mass is 32.2. The van der Waals surface area contributed by atoms with Crippen LogP contribution in [0.5, 0.6) is 0 Å². The number of benzene rings is 2. The number of nitrogens with one attached hydrogen (secondary N) is 2. The molecule has 1 amide bonds. The van der Waals surface area contributed by atoms with Gasteiger partial charge in [0.15, 0.2) is 0 Å². The Labute approximate surface area is 182 Å². The summed E-state index contributed by atoms with van der Waals surface area (Å²) in [6.45, 7) is 0.807. The average Bonchev–Trinajstić information content (AvgIpc) is 2.78. The fourth-order valence-corrected chi connectivity index (χ4v) is 5.82. The summed E-state index contributed by atoms with van der Waals surface area (Å²) in [5, 5.41) is 11.3. The van der Waals surface area contributed by atoms with Crippen LogP contribution in [-0.2, 0) is 20.0 Å². The topological polar surface area (TPSA) is 133 Å². The quantitative estimate of drug-likeness (QED) is 0.537. The van der Waals surface area contributed by atoms with E-state index in [9.17, 15) is 21.6 Å². The molecule has 1 aliphatic rings. The second kappa shape index (κ2) is 9.77. The Morgan fingerprint density at radius 1 is 0.935 bits per heavy atom. The van der Waals surface area contributed by atoms with E-state index in [2.05, 4.69) is 10.0 Å². The lowest BCUT2D eigenvalue weighted by molar-refractivity contribution is 0.0944. The molecular formula is C20H25N3O6S2. The van der Waals surface area contributed by atoms with E-state index in [0.717, 1.165) is 19.3 Å². The molecule has 9 nitrogen and oxygen atoms in total. The molecule has 0 aromatic heterocycles. The molecule has 2 aromatic carbocycles. The van der Waals surface area contributed by atoms with E-state index in [1.54, 1.807) is 0 Å². The Morgan fingerprint density at radius 2 is 1.58 bits per heavy atom. The van der Waals surface area contributed by atoms with Crippen molar-refractivity contribution >= 4 is 31.6 Å². The summed E-state index contributed by atoms with van der Waals surface area (Å²) in [5.41, 5.74) is 0.415. The lowest BCUT2D eigenvalue weighted by Gasteiger charge is -2.25. The van der Waals surface area contributed by atoms with Crippen LogP contribution in [0.1, 0.15) is 29.6 Å². The molecule has 0 radical (unpaired) electrons. The van der Waals surface area contributed by atoms with E-state index in [1.807, 2.05) is 0 Å². The average molecular weight is 468 g/mol. The number of rotatable bonds is 8. The third-order valence-corrected chi connectivity index (χ3v) is 8.17. The van der Waals surface area contributed by atoms with Crippen molar-refractivity contribution in [2.75, 3.05) is 31.0 Å². The zero-order chi connectivity index (χ0) is 22.5. The van der Waals surface area contributed by atoms with Gasteiger partial charge in [0.2, 0.25) is 10.0 Å². The molecule has 0 saturated carbocycles. The van der Waals surface area contributed by atoms with Crippen LogP contribution in [-0.4, -0.2) is 58.4 Å². The maximum Gasteiger partial charge on any atom is 0.261 e. The summed E-state index contributed by atoms with van der Waals surface area (Å²) in [7, 11) is -7.64. The van der Waals surface area contributed by atoms with Crippen molar-refractivity contribution in [3.8, 4) is 0 Å². The molecule has 168 valence electrons. The summed E-state index contributed by atoms with van der Waals surface area (Å²) >= 11 is 0. The fraction of sp³-hybridized carbons (Fsp3) is 0.350. The summed E-state index contributed by atoms with van der Waals surface area (Å²) in [5.74, 6) is -0.442. The van der Waals surface area contributed by atoms with Crippen LogP contribution in [0.4, 0.5) is 5.69 Å². The van der Waals surface area contributed by atoms with Gasteiger partial charge in [0.05, 0.1) is 16.4 Å². The number of aliphatic hydroxyl groups is 1. The number of piperidine rings is 1. The van der Waals surface area contributed by atoms with E-state index in [-0.39, 0.29) is 34.2 Å². The molecule has 3 rings (SSSR count). The lowest BCUT2D eigenvalue weighted by Crippen LogP contribution is -2.35. The largest absolute Gasteiger partial charge is 0.395 e. The molecule has 1 heterocycles. The Kier molecular flexibility index (Phi) is 7.31. The summed E-state index contributed by atoms with van der Waals surface area (Å²) < 4.78 is 54.7. The van der Waals surface area contributed by atoms with Gasteiger partial charge in [-0.2, -0.15) is 4.31 Å². The van der Waals surface area contributed by atoms with Gasteiger partial charge in [-0.3, -0.25) is 9.52 Å². The van der Waals surface area contributed by atoms with Crippen molar-refractivity contribution in [3.05, 3.63) is 54.1 Å². The van der Waals surface area contributed by atoms with Crippen LogP contribution in [0.3, 0.4) is 0 Å². The molecule has 31 heavy (non-hydrogen) atoms. The van der Waals surface area contributed by atoms with Crippen molar-refractivity contribution in [2.24, 2.45) is 0 Å². The third-order valence-electron chi connectivity index (χ3n) is 4.86. The number of amides is 1. The number of sulfonamides is 2. The van der Waals surface area contributed by atoms with Gasteiger partial charge in [-0.05, 0) is 55.3 Å². The Hall–Kier alpha value is -2.47. The van der Waals surface area contributed by atoms with E-state index in [4.69, 9.17) is 5.11 Å². The minimum Gasteiger partial charge on any atom is -0.395 e. The van der Waals surface area contributed by atoms with Gasteiger partial charge in [0, 0.05) is 30.9 Å². The first-order valence-corrected chi connectivity index (χ1v) is 12.8. The molecule has 1 saturated heterocycles. The number of hydrogen-bond donors (Lipinski definition) is 3. The Balaban J connectivity index is 1.76. The first-order chi connectivity index (χ1) is 14.7. The Bertz CT molecular complexity index is 1130. The maximum atomic E-state index is 12.7. The van der Waals surface area contributed by atoms with Gasteiger partial charge in [-0.25, -0.2) is 16.8 Å².